The summed E-state index contributed by atoms with van der Waals surface area (Å²) >= 11 is 6.30. The van der Waals surface area contributed by atoms with Crippen LogP contribution >= 0.6 is 11.6 Å². The molecule has 35 heavy (non-hydrogen) atoms. The third-order valence-electron chi connectivity index (χ3n) is 6.37. The van der Waals surface area contributed by atoms with Gasteiger partial charge in [-0.05, 0) is 54.1 Å². The molecule has 0 bridgehead atoms. The molecule has 0 fully saturated rings. The Balaban J connectivity index is 1.93. The molecular formula is C28H28ClN3O3. The Bertz CT molecular complexity index is 1320. The molecule has 1 heterocycles. The summed E-state index contributed by atoms with van der Waals surface area (Å²) in [6, 6.07) is 17.2. The molecule has 1 atom stereocenters. The lowest BCUT2D eigenvalue weighted by Crippen LogP contribution is -2.39. The maximum Gasteiger partial charge on any atom is 0.223 e. The van der Waals surface area contributed by atoms with Crippen LogP contribution in [-0.2, 0) is 5.41 Å². The van der Waals surface area contributed by atoms with Crippen LogP contribution in [0.15, 0.2) is 78.3 Å². The Labute approximate surface area is 210 Å². The van der Waals surface area contributed by atoms with Gasteiger partial charge in [0.15, 0.2) is 0 Å². The molecule has 1 unspecified atom stereocenters. The number of phenols is 2. The zero-order valence-electron chi connectivity index (χ0n) is 19.9. The van der Waals surface area contributed by atoms with Crippen LogP contribution in [0, 0.1) is 5.41 Å². The van der Waals surface area contributed by atoms with Gasteiger partial charge in [-0.2, -0.15) is 0 Å². The van der Waals surface area contributed by atoms with Crippen LogP contribution in [0.3, 0.4) is 0 Å². The number of benzene rings is 3. The van der Waals surface area contributed by atoms with Gasteiger partial charge in [0.1, 0.15) is 17.2 Å². The minimum Gasteiger partial charge on any atom is -0.508 e. The van der Waals surface area contributed by atoms with E-state index in [0.29, 0.717) is 28.5 Å². The van der Waals surface area contributed by atoms with Crippen molar-refractivity contribution in [2.24, 2.45) is 4.99 Å². The van der Waals surface area contributed by atoms with E-state index in [9.17, 15) is 10.2 Å². The van der Waals surface area contributed by atoms with Crippen molar-refractivity contribution < 1.29 is 14.9 Å². The van der Waals surface area contributed by atoms with E-state index >= 15 is 0 Å². The second kappa shape index (κ2) is 9.47. The van der Waals surface area contributed by atoms with E-state index in [1.807, 2.05) is 36.9 Å². The number of aromatic hydroxyl groups is 2. The fourth-order valence-corrected chi connectivity index (χ4v) is 4.50. The SMILES string of the molecule is C=CC(C)(C)c1cc(C2CC(c3ccc(O)cc3)=NC(=N)N2c2cccc(Cl)c2)c(OC)cc1O. The Morgan fingerprint density at radius 2 is 1.86 bits per heavy atom. The number of methoxy groups -OCH3 is 1. The van der Waals surface area contributed by atoms with Gasteiger partial charge < -0.3 is 19.8 Å². The molecule has 0 radical (unpaired) electrons. The molecule has 0 aliphatic carbocycles. The first kappa shape index (κ1) is 24.4. The molecule has 3 aromatic carbocycles. The van der Waals surface area contributed by atoms with Crippen LogP contribution in [0.1, 0.15) is 43.0 Å². The van der Waals surface area contributed by atoms with Gasteiger partial charge in [-0.3, -0.25) is 5.41 Å². The zero-order valence-corrected chi connectivity index (χ0v) is 20.7. The highest BCUT2D eigenvalue weighted by Gasteiger charge is 2.35. The predicted octanol–water partition coefficient (Wildman–Crippen LogP) is 6.60. The van der Waals surface area contributed by atoms with Gasteiger partial charge >= 0.3 is 0 Å². The van der Waals surface area contributed by atoms with Crippen LogP contribution in [0.5, 0.6) is 17.2 Å². The third kappa shape index (κ3) is 4.75. The van der Waals surface area contributed by atoms with Gasteiger partial charge in [0.05, 0.1) is 18.9 Å². The second-order valence-corrected chi connectivity index (χ2v) is 9.47. The number of allylic oxidation sites excluding steroid dienone is 1. The molecule has 3 N–H and O–H groups in total. The van der Waals surface area contributed by atoms with Crippen molar-refractivity contribution in [2.75, 3.05) is 12.0 Å². The maximum atomic E-state index is 10.8. The first-order valence-electron chi connectivity index (χ1n) is 11.2. The van der Waals surface area contributed by atoms with E-state index in [0.717, 1.165) is 16.8 Å². The minimum atomic E-state index is -0.498. The third-order valence-corrected chi connectivity index (χ3v) is 6.60. The average Bonchev–Trinajstić information content (AvgIpc) is 2.83. The molecule has 0 aromatic heterocycles. The van der Waals surface area contributed by atoms with Crippen LogP contribution in [0.2, 0.25) is 5.02 Å². The predicted molar refractivity (Wildman–Crippen MR) is 142 cm³/mol. The lowest BCUT2D eigenvalue weighted by Gasteiger charge is -2.37. The molecule has 0 saturated heterocycles. The van der Waals surface area contributed by atoms with E-state index in [4.69, 9.17) is 21.7 Å². The van der Waals surface area contributed by atoms with Crippen molar-refractivity contribution in [2.45, 2.75) is 31.7 Å². The summed E-state index contributed by atoms with van der Waals surface area (Å²) in [6.45, 7) is 7.89. The molecule has 6 nitrogen and oxygen atoms in total. The first-order chi connectivity index (χ1) is 16.6. The highest BCUT2D eigenvalue weighted by atomic mass is 35.5. The molecule has 0 saturated carbocycles. The topological polar surface area (TPSA) is 89.1 Å². The number of ether oxygens (including phenoxy) is 1. The molecule has 4 rings (SSSR count). The Morgan fingerprint density at radius 1 is 1.14 bits per heavy atom. The lowest BCUT2D eigenvalue weighted by molar-refractivity contribution is 0.395. The van der Waals surface area contributed by atoms with Crippen molar-refractivity contribution in [3.05, 3.63) is 95.0 Å². The summed E-state index contributed by atoms with van der Waals surface area (Å²) in [5, 5.41) is 29.9. The van der Waals surface area contributed by atoms with Crippen LogP contribution in [0.25, 0.3) is 0 Å². The summed E-state index contributed by atoms with van der Waals surface area (Å²) in [4.78, 5) is 6.42. The second-order valence-electron chi connectivity index (χ2n) is 9.04. The number of aliphatic imine (C=N–C) groups is 1. The fraction of sp³-hybridized carbons (Fsp3) is 0.214. The Kier molecular flexibility index (Phi) is 6.59. The summed E-state index contributed by atoms with van der Waals surface area (Å²) in [6.07, 6.45) is 2.24. The van der Waals surface area contributed by atoms with Gasteiger partial charge in [-0.15, -0.1) is 6.58 Å². The smallest absolute Gasteiger partial charge is 0.223 e. The van der Waals surface area contributed by atoms with E-state index in [2.05, 4.69) is 11.6 Å². The van der Waals surface area contributed by atoms with E-state index in [-0.39, 0.29) is 23.5 Å². The molecule has 0 spiro atoms. The molecule has 0 amide bonds. The van der Waals surface area contributed by atoms with E-state index in [1.165, 1.54) is 0 Å². The zero-order chi connectivity index (χ0) is 25.3. The fourth-order valence-electron chi connectivity index (χ4n) is 4.31. The van der Waals surface area contributed by atoms with E-state index in [1.54, 1.807) is 55.7 Å². The number of rotatable bonds is 6. The quantitative estimate of drug-likeness (QED) is 0.340. The number of nitrogens with zero attached hydrogens (tertiary/aromatic N) is 2. The normalized spacial score (nSPS) is 16.1. The number of guanidine groups is 1. The largest absolute Gasteiger partial charge is 0.508 e. The van der Waals surface area contributed by atoms with Crippen LogP contribution in [0.4, 0.5) is 5.69 Å². The van der Waals surface area contributed by atoms with Crippen LogP contribution < -0.4 is 9.64 Å². The maximum absolute atomic E-state index is 10.8. The number of halogens is 1. The number of hydrogen-bond acceptors (Lipinski definition) is 4. The number of anilines is 1. The Hall–Kier alpha value is -3.77. The van der Waals surface area contributed by atoms with Crippen molar-refractivity contribution in [1.29, 1.82) is 5.41 Å². The molecule has 180 valence electrons. The monoisotopic (exact) mass is 489 g/mol. The highest BCUT2D eigenvalue weighted by molar-refractivity contribution is 6.31. The van der Waals surface area contributed by atoms with Gasteiger partial charge in [0.25, 0.3) is 0 Å². The van der Waals surface area contributed by atoms with Crippen molar-refractivity contribution in [3.8, 4) is 17.2 Å². The van der Waals surface area contributed by atoms with Crippen LogP contribution in [-0.4, -0.2) is 29.0 Å². The Morgan fingerprint density at radius 3 is 2.49 bits per heavy atom. The molecule has 7 heteroatoms. The van der Waals surface area contributed by atoms with Gasteiger partial charge in [-0.25, -0.2) is 4.99 Å². The van der Waals surface area contributed by atoms with Crippen molar-refractivity contribution >= 4 is 29.0 Å². The summed E-state index contributed by atoms with van der Waals surface area (Å²) in [5.41, 5.74) is 3.24. The molecule has 1 aliphatic heterocycles. The first-order valence-corrected chi connectivity index (χ1v) is 11.6. The van der Waals surface area contributed by atoms with E-state index < -0.39 is 5.41 Å². The van der Waals surface area contributed by atoms with Gasteiger partial charge in [0.2, 0.25) is 5.96 Å². The molecule has 3 aromatic rings. The highest BCUT2D eigenvalue weighted by Crippen LogP contribution is 2.44. The number of hydrogen-bond donors (Lipinski definition) is 3. The summed E-state index contributed by atoms with van der Waals surface area (Å²) in [7, 11) is 1.56. The van der Waals surface area contributed by atoms with Gasteiger partial charge in [-0.1, -0.05) is 37.6 Å². The number of phenolic OH excluding ortho intramolecular Hbond substituents is 2. The standard InChI is InChI=1S/C28H28ClN3O3/c1-5-28(2,3)22-14-21(26(35-4)16-25(22)34)24-15-23(17-9-11-20(33)12-10-17)31-27(30)32(24)19-8-6-7-18(29)13-19/h5-14,16,24,30,33-34H,1,15H2,2-4H3. The average molecular weight is 490 g/mol. The number of nitrogens with one attached hydrogen (secondary N) is 1. The van der Waals surface area contributed by atoms with Gasteiger partial charge in [0, 0.05) is 39.7 Å². The lowest BCUT2D eigenvalue weighted by atomic mass is 9.81. The molecule has 1 aliphatic rings. The molecular weight excluding hydrogens is 462 g/mol. The summed E-state index contributed by atoms with van der Waals surface area (Å²) in [5.74, 6) is 0.825. The van der Waals surface area contributed by atoms with Crippen molar-refractivity contribution in [1.82, 2.24) is 0 Å². The summed E-state index contributed by atoms with van der Waals surface area (Å²) < 4.78 is 5.70. The van der Waals surface area contributed by atoms with Crippen molar-refractivity contribution in [3.63, 3.8) is 0 Å². The minimum absolute atomic E-state index is 0.0475.